The number of carbonyl (C=O) groups excluding carboxylic acids is 1. The van der Waals surface area contributed by atoms with E-state index in [0.717, 1.165) is 63.2 Å². The van der Waals surface area contributed by atoms with Crippen LogP contribution in [-0.4, -0.2) is 54.2 Å². The predicted molar refractivity (Wildman–Crippen MR) is 127 cm³/mol. The van der Waals surface area contributed by atoms with Gasteiger partial charge in [0.25, 0.3) is 5.91 Å². The van der Waals surface area contributed by atoms with Crippen molar-refractivity contribution >= 4 is 38.7 Å². The summed E-state index contributed by atoms with van der Waals surface area (Å²) < 4.78 is 12.6. The van der Waals surface area contributed by atoms with Crippen molar-refractivity contribution in [3.8, 4) is 5.75 Å². The molecule has 4 rings (SSSR count). The molecule has 6 nitrogen and oxygen atoms in total. The van der Waals surface area contributed by atoms with Crippen LogP contribution in [0.15, 0.2) is 23.7 Å². The van der Waals surface area contributed by atoms with Crippen LogP contribution in [0.4, 0.5) is 0 Å². The monoisotopic (exact) mass is 459 g/mol. The molecule has 0 spiro atoms. The Hall–Kier alpha value is -2.00. The van der Waals surface area contributed by atoms with Gasteiger partial charge in [0, 0.05) is 40.1 Å². The van der Waals surface area contributed by atoms with Gasteiger partial charge in [-0.25, -0.2) is 4.98 Å². The van der Waals surface area contributed by atoms with Crippen molar-refractivity contribution in [3.05, 3.63) is 44.7 Å². The topological polar surface area (TPSA) is 63.7 Å². The van der Waals surface area contributed by atoms with Crippen LogP contribution < -0.4 is 10.1 Å². The number of fused-ring (bicyclic) bond motifs is 1. The van der Waals surface area contributed by atoms with Gasteiger partial charge >= 0.3 is 0 Å². The van der Waals surface area contributed by atoms with Crippen LogP contribution in [-0.2, 0) is 11.3 Å². The smallest absolute Gasteiger partial charge is 0.253 e. The molecule has 1 N–H and O–H groups in total. The second-order valence-corrected chi connectivity index (χ2v) is 10.6. The molecule has 1 aliphatic rings. The minimum atomic E-state index is -0.125. The standard InChI is InChI=1S/C23H29N3O3S2/c1-15-20(30-14-25-15)12-29-17-5-6-19-18(11-17)21(16(2)31-19)22(27)24-13-23(3,4)26-7-9-28-10-8-26/h5-6,11,14H,7-10,12-13H2,1-4H3,(H,24,27). The maximum Gasteiger partial charge on any atom is 0.253 e. The number of amides is 1. The van der Waals surface area contributed by atoms with Crippen LogP contribution in [0.25, 0.3) is 10.1 Å². The van der Waals surface area contributed by atoms with E-state index >= 15 is 0 Å². The summed E-state index contributed by atoms with van der Waals surface area (Å²) in [6.45, 7) is 12.7. The third-order valence-corrected chi connectivity index (χ3v) is 7.82. The molecule has 0 unspecified atom stereocenters. The quantitative estimate of drug-likeness (QED) is 0.568. The van der Waals surface area contributed by atoms with E-state index in [2.05, 4.69) is 29.0 Å². The van der Waals surface area contributed by atoms with E-state index in [9.17, 15) is 4.79 Å². The first kappa shape index (κ1) is 22.2. The lowest BCUT2D eigenvalue weighted by Gasteiger charge is -2.40. The molecule has 0 atom stereocenters. The first-order valence-electron chi connectivity index (χ1n) is 10.5. The molecule has 8 heteroatoms. The number of aryl methyl sites for hydroxylation is 2. The average molecular weight is 460 g/mol. The number of hydrogen-bond donors (Lipinski definition) is 1. The summed E-state index contributed by atoms with van der Waals surface area (Å²) in [4.78, 5) is 22.0. The van der Waals surface area contributed by atoms with Gasteiger partial charge in [0.2, 0.25) is 0 Å². The number of rotatable bonds is 7. The molecule has 0 radical (unpaired) electrons. The fraction of sp³-hybridized carbons (Fsp3) is 0.478. The number of morpholine rings is 1. The fourth-order valence-electron chi connectivity index (χ4n) is 3.85. The highest BCUT2D eigenvalue weighted by Gasteiger charge is 2.29. The van der Waals surface area contributed by atoms with Gasteiger partial charge in [-0.05, 0) is 45.9 Å². The molecule has 0 aliphatic carbocycles. The number of thiazole rings is 1. The molecule has 166 valence electrons. The van der Waals surface area contributed by atoms with Gasteiger partial charge in [-0.3, -0.25) is 9.69 Å². The Morgan fingerprint density at radius 3 is 2.77 bits per heavy atom. The summed E-state index contributed by atoms with van der Waals surface area (Å²) in [5, 5.41) is 4.12. The molecule has 1 saturated heterocycles. The largest absolute Gasteiger partial charge is 0.488 e. The lowest BCUT2D eigenvalue weighted by Crippen LogP contribution is -2.55. The van der Waals surface area contributed by atoms with Gasteiger partial charge in [-0.15, -0.1) is 22.7 Å². The highest BCUT2D eigenvalue weighted by molar-refractivity contribution is 7.19. The van der Waals surface area contributed by atoms with Gasteiger partial charge in [-0.2, -0.15) is 0 Å². The first-order valence-corrected chi connectivity index (χ1v) is 12.2. The predicted octanol–water partition coefficient (Wildman–Crippen LogP) is 4.39. The van der Waals surface area contributed by atoms with Crippen LogP contribution in [0.5, 0.6) is 5.75 Å². The van der Waals surface area contributed by atoms with E-state index in [0.29, 0.717) is 13.2 Å². The minimum Gasteiger partial charge on any atom is -0.488 e. The summed E-state index contributed by atoms with van der Waals surface area (Å²) >= 11 is 3.24. The van der Waals surface area contributed by atoms with Gasteiger partial charge in [0.1, 0.15) is 12.4 Å². The molecular formula is C23H29N3O3S2. The lowest BCUT2D eigenvalue weighted by atomic mass is 10.0. The van der Waals surface area contributed by atoms with Crippen LogP contribution >= 0.6 is 22.7 Å². The van der Waals surface area contributed by atoms with Gasteiger partial charge in [0.15, 0.2) is 0 Å². The third kappa shape index (κ3) is 4.92. The summed E-state index contributed by atoms with van der Waals surface area (Å²) in [5.74, 6) is 0.737. The molecular weight excluding hydrogens is 430 g/mol. The Balaban J connectivity index is 1.48. The van der Waals surface area contributed by atoms with Crippen LogP contribution in [0.3, 0.4) is 0 Å². The molecule has 0 saturated carbocycles. The minimum absolute atomic E-state index is 0.0273. The molecule has 0 bridgehead atoms. The molecule has 3 heterocycles. The van der Waals surface area contributed by atoms with Gasteiger partial charge in [-0.1, -0.05) is 0 Å². The number of hydrogen-bond acceptors (Lipinski definition) is 7. The highest BCUT2D eigenvalue weighted by Crippen LogP contribution is 2.34. The van der Waals surface area contributed by atoms with Crippen molar-refractivity contribution in [1.82, 2.24) is 15.2 Å². The fourth-order valence-corrected chi connectivity index (χ4v) is 5.58. The SMILES string of the molecule is Cc1ncsc1COc1ccc2sc(C)c(C(=O)NCC(C)(C)N3CCOCC3)c2c1. The van der Waals surface area contributed by atoms with Crippen molar-refractivity contribution in [1.29, 1.82) is 0 Å². The van der Waals surface area contributed by atoms with Crippen molar-refractivity contribution < 1.29 is 14.3 Å². The molecule has 1 amide bonds. The number of nitrogens with one attached hydrogen (secondary N) is 1. The number of nitrogens with zero attached hydrogens (tertiary/aromatic N) is 2. The second-order valence-electron chi connectivity index (χ2n) is 8.44. The highest BCUT2D eigenvalue weighted by atomic mass is 32.1. The summed E-state index contributed by atoms with van der Waals surface area (Å²) in [5.41, 5.74) is 3.46. The Morgan fingerprint density at radius 1 is 1.29 bits per heavy atom. The number of benzene rings is 1. The summed E-state index contributed by atoms with van der Waals surface area (Å²) in [7, 11) is 0. The molecule has 1 fully saturated rings. The average Bonchev–Trinajstić information content (AvgIpc) is 3.32. The maximum atomic E-state index is 13.2. The molecule has 2 aromatic heterocycles. The molecule has 1 aliphatic heterocycles. The van der Waals surface area contributed by atoms with Crippen molar-refractivity contribution in [3.63, 3.8) is 0 Å². The van der Waals surface area contributed by atoms with Gasteiger partial charge < -0.3 is 14.8 Å². The van der Waals surface area contributed by atoms with E-state index < -0.39 is 0 Å². The summed E-state index contributed by atoms with van der Waals surface area (Å²) in [6.07, 6.45) is 0. The van der Waals surface area contributed by atoms with E-state index in [1.54, 1.807) is 22.7 Å². The Kier molecular flexibility index (Phi) is 6.62. The van der Waals surface area contributed by atoms with Crippen molar-refractivity contribution in [2.45, 2.75) is 39.8 Å². The number of thiophene rings is 1. The maximum absolute atomic E-state index is 13.2. The van der Waals surface area contributed by atoms with Crippen molar-refractivity contribution in [2.24, 2.45) is 0 Å². The molecule has 1 aromatic carbocycles. The number of aromatic nitrogens is 1. The van der Waals surface area contributed by atoms with Crippen LogP contribution in [0.2, 0.25) is 0 Å². The first-order chi connectivity index (χ1) is 14.8. The molecule has 3 aromatic rings. The third-order valence-electron chi connectivity index (χ3n) is 5.83. The van der Waals surface area contributed by atoms with Crippen LogP contribution in [0, 0.1) is 13.8 Å². The Bertz CT molecular complexity index is 1070. The lowest BCUT2D eigenvalue weighted by molar-refractivity contribution is -0.00922. The number of carbonyl (C=O) groups is 1. The van der Waals surface area contributed by atoms with E-state index in [-0.39, 0.29) is 11.4 Å². The van der Waals surface area contributed by atoms with E-state index in [1.807, 2.05) is 37.6 Å². The Labute approximate surface area is 191 Å². The van der Waals surface area contributed by atoms with Gasteiger partial charge in [0.05, 0.1) is 34.9 Å². The Morgan fingerprint density at radius 2 is 2.06 bits per heavy atom. The van der Waals surface area contributed by atoms with E-state index in [1.165, 1.54) is 0 Å². The molecule has 31 heavy (non-hydrogen) atoms. The zero-order valence-corrected chi connectivity index (χ0v) is 20.1. The second kappa shape index (κ2) is 9.24. The van der Waals surface area contributed by atoms with Crippen molar-refractivity contribution in [2.75, 3.05) is 32.8 Å². The van der Waals surface area contributed by atoms with E-state index in [4.69, 9.17) is 9.47 Å². The normalized spacial score (nSPS) is 15.4. The number of ether oxygens (including phenoxy) is 2. The van der Waals surface area contributed by atoms with Crippen LogP contribution in [0.1, 0.15) is 39.7 Å². The zero-order chi connectivity index (χ0) is 22.0. The summed E-state index contributed by atoms with van der Waals surface area (Å²) in [6, 6.07) is 5.99. The zero-order valence-electron chi connectivity index (χ0n) is 18.5.